The SMILES string of the molecule is O=CC1CCN(Cc2ccc(Cl)cc2F)CC1. The number of benzene rings is 1. The highest BCUT2D eigenvalue weighted by Crippen LogP contribution is 2.20. The van der Waals surface area contributed by atoms with Crippen LogP contribution in [-0.4, -0.2) is 24.3 Å². The van der Waals surface area contributed by atoms with Crippen LogP contribution < -0.4 is 0 Å². The minimum Gasteiger partial charge on any atom is -0.303 e. The summed E-state index contributed by atoms with van der Waals surface area (Å²) in [5, 5.41) is 0.422. The third kappa shape index (κ3) is 3.27. The Hall–Kier alpha value is -0.930. The van der Waals surface area contributed by atoms with E-state index in [0.717, 1.165) is 32.2 Å². The molecule has 1 aliphatic heterocycles. The topological polar surface area (TPSA) is 20.3 Å². The van der Waals surface area contributed by atoms with Crippen molar-refractivity contribution < 1.29 is 9.18 Å². The zero-order chi connectivity index (χ0) is 12.3. The van der Waals surface area contributed by atoms with Gasteiger partial charge in [-0.3, -0.25) is 4.90 Å². The van der Waals surface area contributed by atoms with Crippen LogP contribution in [0, 0.1) is 11.7 Å². The van der Waals surface area contributed by atoms with Crippen LogP contribution in [0.25, 0.3) is 0 Å². The number of halogens is 2. The number of carbonyl (C=O) groups is 1. The fourth-order valence-electron chi connectivity index (χ4n) is 2.14. The van der Waals surface area contributed by atoms with E-state index in [4.69, 9.17) is 11.6 Å². The first-order valence-corrected chi connectivity index (χ1v) is 6.18. The average Bonchev–Trinajstić information content (AvgIpc) is 2.34. The summed E-state index contributed by atoms with van der Waals surface area (Å²) in [4.78, 5) is 12.8. The first-order valence-electron chi connectivity index (χ1n) is 5.80. The molecule has 2 nitrogen and oxygen atoms in total. The van der Waals surface area contributed by atoms with Crippen LogP contribution in [0.15, 0.2) is 18.2 Å². The standard InChI is InChI=1S/C13H15ClFNO/c14-12-2-1-11(13(15)7-12)8-16-5-3-10(9-17)4-6-16/h1-2,7,9-10H,3-6,8H2. The molecule has 0 N–H and O–H groups in total. The molecule has 1 heterocycles. The fraction of sp³-hybridized carbons (Fsp3) is 0.462. The molecule has 0 aromatic heterocycles. The normalized spacial score (nSPS) is 18.2. The molecule has 0 spiro atoms. The molecule has 1 fully saturated rings. The van der Waals surface area contributed by atoms with Crippen LogP contribution in [0.1, 0.15) is 18.4 Å². The van der Waals surface area contributed by atoms with Gasteiger partial charge in [-0.15, -0.1) is 0 Å². The van der Waals surface area contributed by atoms with Gasteiger partial charge < -0.3 is 4.79 Å². The Bertz CT molecular complexity index is 402. The van der Waals surface area contributed by atoms with Gasteiger partial charge in [0.15, 0.2) is 0 Å². The van der Waals surface area contributed by atoms with Crippen molar-refractivity contribution in [3.8, 4) is 0 Å². The van der Waals surface area contributed by atoms with Gasteiger partial charge in [0.1, 0.15) is 12.1 Å². The molecule has 1 saturated heterocycles. The molecular formula is C13H15ClFNO. The molecule has 0 aliphatic carbocycles. The Labute approximate surface area is 105 Å². The van der Waals surface area contributed by atoms with E-state index in [-0.39, 0.29) is 11.7 Å². The second-order valence-corrected chi connectivity index (χ2v) is 4.92. The maximum absolute atomic E-state index is 13.6. The lowest BCUT2D eigenvalue weighted by Crippen LogP contribution is -2.33. The summed E-state index contributed by atoms with van der Waals surface area (Å²) in [7, 11) is 0. The van der Waals surface area contributed by atoms with Gasteiger partial charge >= 0.3 is 0 Å². The number of likely N-dealkylation sites (tertiary alicyclic amines) is 1. The summed E-state index contributed by atoms with van der Waals surface area (Å²) < 4.78 is 13.6. The molecule has 1 aromatic carbocycles. The lowest BCUT2D eigenvalue weighted by atomic mass is 9.98. The molecule has 0 bridgehead atoms. The van der Waals surface area contributed by atoms with Crippen molar-refractivity contribution in [3.05, 3.63) is 34.6 Å². The van der Waals surface area contributed by atoms with E-state index in [0.29, 0.717) is 17.1 Å². The van der Waals surface area contributed by atoms with Crippen LogP contribution in [0.5, 0.6) is 0 Å². The second-order valence-electron chi connectivity index (χ2n) is 4.49. The highest BCUT2D eigenvalue weighted by atomic mass is 35.5. The predicted octanol–water partition coefficient (Wildman–Crippen LogP) is 2.89. The number of hydrogen-bond donors (Lipinski definition) is 0. The molecule has 17 heavy (non-hydrogen) atoms. The smallest absolute Gasteiger partial charge is 0.129 e. The van der Waals surface area contributed by atoms with E-state index in [1.54, 1.807) is 12.1 Å². The van der Waals surface area contributed by atoms with Gasteiger partial charge in [-0.1, -0.05) is 17.7 Å². The van der Waals surface area contributed by atoms with E-state index >= 15 is 0 Å². The molecule has 0 atom stereocenters. The Balaban J connectivity index is 1.95. The Morgan fingerprint density at radius 3 is 2.71 bits per heavy atom. The maximum atomic E-state index is 13.6. The van der Waals surface area contributed by atoms with E-state index in [2.05, 4.69) is 4.90 Å². The second kappa shape index (κ2) is 5.61. The first-order chi connectivity index (χ1) is 8.19. The summed E-state index contributed by atoms with van der Waals surface area (Å²) in [6.45, 7) is 2.30. The number of aldehydes is 1. The number of piperidine rings is 1. The summed E-state index contributed by atoms with van der Waals surface area (Å²) in [6, 6.07) is 4.77. The monoisotopic (exact) mass is 255 g/mol. The highest BCUT2D eigenvalue weighted by molar-refractivity contribution is 6.30. The van der Waals surface area contributed by atoms with Crippen molar-refractivity contribution >= 4 is 17.9 Å². The molecular weight excluding hydrogens is 241 g/mol. The zero-order valence-corrected chi connectivity index (χ0v) is 10.3. The molecule has 1 aromatic rings. The van der Waals surface area contributed by atoms with Gasteiger partial charge in [0, 0.05) is 23.0 Å². The van der Waals surface area contributed by atoms with Crippen LogP contribution >= 0.6 is 11.6 Å². The van der Waals surface area contributed by atoms with Crippen LogP contribution in [0.4, 0.5) is 4.39 Å². The van der Waals surface area contributed by atoms with E-state index in [9.17, 15) is 9.18 Å². The summed E-state index contributed by atoms with van der Waals surface area (Å²) >= 11 is 5.71. The van der Waals surface area contributed by atoms with Crippen LogP contribution in [0.2, 0.25) is 5.02 Å². The van der Waals surface area contributed by atoms with Crippen molar-refractivity contribution in [3.63, 3.8) is 0 Å². The van der Waals surface area contributed by atoms with Gasteiger partial charge in [0.25, 0.3) is 0 Å². The Kier molecular flexibility index (Phi) is 4.13. The molecule has 2 rings (SSSR count). The highest BCUT2D eigenvalue weighted by Gasteiger charge is 2.19. The molecule has 0 saturated carbocycles. The van der Waals surface area contributed by atoms with E-state index in [1.165, 1.54) is 6.07 Å². The lowest BCUT2D eigenvalue weighted by molar-refractivity contribution is -0.112. The Morgan fingerprint density at radius 2 is 2.12 bits per heavy atom. The molecule has 0 amide bonds. The molecule has 0 unspecified atom stereocenters. The quantitative estimate of drug-likeness (QED) is 0.774. The predicted molar refractivity (Wildman–Crippen MR) is 65.5 cm³/mol. The third-order valence-electron chi connectivity index (χ3n) is 3.23. The largest absolute Gasteiger partial charge is 0.303 e. The number of carbonyl (C=O) groups excluding carboxylic acids is 1. The third-order valence-corrected chi connectivity index (χ3v) is 3.47. The summed E-state index contributed by atoms with van der Waals surface area (Å²) in [5.74, 6) is -0.0728. The van der Waals surface area contributed by atoms with Crippen molar-refractivity contribution in [2.24, 2.45) is 5.92 Å². The van der Waals surface area contributed by atoms with Crippen LogP contribution in [-0.2, 0) is 11.3 Å². The van der Waals surface area contributed by atoms with Crippen molar-refractivity contribution in [2.75, 3.05) is 13.1 Å². The average molecular weight is 256 g/mol. The van der Waals surface area contributed by atoms with Crippen molar-refractivity contribution in [1.29, 1.82) is 0 Å². The summed E-state index contributed by atoms with van der Waals surface area (Å²) in [5.41, 5.74) is 0.666. The first kappa shape index (κ1) is 12.5. The van der Waals surface area contributed by atoms with E-state index in [1.807, 2.05) is 0 Å². The van der Waals surface area contributed by atoms with Gasteiger partial charge in [0.2, 0.25) is 0 Å². The maximum Gasteiger partial charge on any atom is 0.129 e. The van der Waals surface area contributed by atoms with Gasteiger partial charge in [0.05, 0.1) is 0 Å². The van der Waals surface area contributed by atoms with Crippen molar-refractivity contribution in [2.45, 2.75) is 19.4 Å². The lowest BCUT2D eigenvalue weighted by Gasteiger charge is -2.29. The van der Waals surface area contributed by atoms with Gasteiger partial charge in [-0.25, -0.2) is 4.39 Å². The molecule has 0 radical (unpaired) electrons. The number of hydrogen-bond acceptors (Lipinski definition) is 2. The van der Waals surface area contributed by atoms with Crippen LogP contribution in [0.3, 0.4) is 0 Å². The van der Waals surface area contributed by atoms with E-state index < -0.39 is 0 Å². The Morgan fingerprint density at radius 1 is 1.41 bits per heavy atom. The summed E-state index contributed by atoms with van der Waals surface area (Å²) in [6.07, 6.45) is 2.78. The van der Waals surface area contributed by atoms with Gasteiger partial charge in [-0.05, 0) is 38.1 Å². The zero-order valence-electron chi connectivity index (χ0n) is 9.53. The molecule has 92 valence electrons. The number of rotatable bonds is 3. The van der Waals surface area contributed by atoms with Crippen molar-refractivity contribution in [1.82, 2.24) is 4.90 Å². The number of nitrogens with zero attached hydrogens (tertiary/aromatic N) is 1. The van der Waals surface area contributed by atoms with Gasteiger partial charge in [-0.2, -0.15) is 0 Å². The molecule has 1 aliphatic rings. The fourth-order valence-corrected chi connectivity index (χ4v) is 2.30. The minimum atomic E-state index is -0.255. The molecule has 4 heteroatoms. The minimum absolute atomic E-state index is 0.182.